The van der Waals surface area contributed by atoms with Crippen molar-refractivity contribution in [1.29, 1.82) is 0 Å². The van der Waals surface area contributed by atoms with Gasteiger partial charge in [0.1, 0.15) is 0 Å². The van der Waals surface area contributed by atoms with E-state index in [1.165, 1.54) is 0 Å². The second-order valence-electron chi connectivity index (χ2n) is 3.49. The van der Waals surface area contributed by atoms with Gasteiger partial charge in [0, 0.05) is 0 Å². The molecule has 0 aromatic heterocycles. The fourth-order valence-corrected chi connectivity index (χ4v) is 1.97. The molecule has 15 heavy (non-hydrogen) atoms. The van der Waals surface area contributed by atoms with Gasteiger partial charge in [-0.3, -0.25) is 4.55 Å². The first kappa shape index (κ1) is 14.3. The standard InChI is InChI=1S/C10H18O4S/c1-4-6-10(7-5-2)8-9(3)14-15(11,12)13/h4-5,9-10H,1-2,6-8H2,3H3,(H,11,12,13). The molecule has 0 rings (SSSR count). The molecular weight excluding hydrogens is 216 g/mol. The summed E-state index contributed by atoms with van der Waals surface area (Å²) in [6.45, 7) is 8.85. The lowest BCUT2D eigenvalue weighted by atomic mass is 9.95. The maximum Gasteiger partial charge on any atom is 0.397 e. The lowest BCUT2D eigenvalue weighted by Gasteiger charge is -2.17. The van der Waals surface area contributed by atoms with E-state index in [9.17, 15) is 8.42 Å². The predicted molar refractivity (Wildman–Crippen MR) is 59.8 cm³/mol. The Balaban J connectivity index is 4.15. The Kier molecular flexibility index (Phi) is 6.47. The molecule has 4 nitrogen and oxygen atoms in total. The van der Waals surface area contributed by atoms with Crippen molar-refractivity contribution in [3.8, 4) is 0 Å². The summed E-state index contributed by atoms with van der Waals surface area (Å²) in [7, 11) is -4.35. The Hall–Kier alpha value is -0.650. The van der Waals surface area contributed by atoms with Gasteiger partial charge in [0.05, 0.1) is 6.10 Å². The molecule has 0 spiro atoms. The predicted octanol–water partition coefficient (Wildman–Crippen LogP) is 2.35. The van der Waals surface area contributed by atoms with Crippen molar-refractivity contribution in [2.75, 3.05) is 0 Å². The van der Waals surface area contributed by atoms with E-state index in [1.54, 1.807) is 19.1 Å². The van der Waals surface area contributed by atoms with Crippen LogP contribution in [0.1, 0.15) is 26.2 Å². The number of allylic oxidation sites excluding steroid dienone is 2. The second kappa shape index (κ2) is 6.76. The fourth-order valence-electron chi connectivity index (χ4n) is 1.48. The third-order valence-corrected chi connectivity index (χ3v) is 2.52. The van der Waals surface area contributed by atoms with Gasteiger partial charge in [0.15, 0.2) is 0 Å². The molecular formula is C10H18O4S. The molecule has 1 unspecified atom stereocenters. The monoisotopic (exact) mass is 234 g/mol. The van der Waals surface area contributed by atoms with Crippen LogP contribution in [0.25, 0.3) is 0 Å². The van der Waals surface area contributed by atoms with Crippen LogP contribution in [-0.2, 0) is 14.6 Å². The summed E-state index contributed by atoms with van der Waals surface area (Å²) in [4.78, 5) is 0. The van der Waals surface area contributed by atoms with Gasteiger partial charge in [-0.2, -0.15) is 8.42 Å². The van der Waals surface area contributed by atoms with Crippen LogP contribution in [0, 0.1) is 5.92 Å². The van der Waals surface area contributed by atoms with Crippen molar-refractivity contribution in [1.82, 2.24) is 0 Å². The number of hydrogen-bond acceptors (Lipinski definition) is 3. The maximum absolute atomic E-state index is 10.4. The molecule has 1 N–H and O–H groups in total. The minimum Gasteiger partial charge on any atom is -0.264 e. The van der Waals surface area contributed by atoms with Gasteiger partial charge in [0.25, 0.3) is 0 Å². The summed E-state index contributed by atoms with van der Waals surface area (Å²) in [5, 5.41) is 0. The molecule has 0 aliphatic heterocycles. The zero-order chi connectivity index (χ0) is 11.9. The molecule has 0 radical (unpaired) electrons. The minimum absolute atomic E-state index is 0.247. The molecule has 0 saturated heterocycles. The van der Waals surface area contributed by atoms with E-state index in [2.05, 4.69) is 17.3 Å². The first-order valence-corrected chi connectivity index (χ1v) is 6.13. The van der Waals surface area contributed by atoms with Crippen LogP contribution in [0.5, 0.6) is 0 Å². The van der Waals surface area contributed by atoms with Gasteiger partial charge in [-0.1, -0.05) is 12.2 Å². The van der Waals surface area contributed by atoms with Crippen LogP contribution >= 0.6 is 0 Å². The molecule has 0 heterocycles. The van der Waals surface area contributed by atoms with Crippen molar-refractivity contribution in [3.63, 3.8) is 0 Å². The Bertz CT molecular complexity index is 285. The van der Waals surface area contributed by atoms with Gasteiger partial charge in [-0.05, 0) is 32.1 Å². The topological polar surface area (TPSA) is 63.6 Å². The van der Waals surface area contributed by atoms with Crippen molar-refractivity contribution in [2.45, 2.75) is 32.3 Å². The molecule has 0 bridgehead atoms. The Labute approximate surface area is 91.6 Å². The van der Waals surface area contributed by atoms with Crippen LogP contribution in [0.2, 0.25) is 0 Å². The summed E-state index contributed by atoms with van der Waals surface area (Å²) in [5.41, 5.74) is 0. The van der Waals surface area contributed by atoms with Gasteiger partial charge in [0.2, 0.25) is 0 Å². The summed E-state index contributed by atoms with van der Waals surface area (Å²) in [6.07, 6.45) is 5.08. The Morgan fingerprint density at radius 1 is 1.33 bits per heavy atom. The maximum atomic E-state index is 10.4. The van der Waals surface area contributed by atoms with Crippen molar-refractivity contribution < 1.29 is 17.2 Å². The van der Waals surface area contributed by atoms with E-state index in [-0.39, 0.29) is 5.92 Å². The molecule has 0 aliphatic rings. The summed E-state index contributed by atoms with van der Waals surface area (Å²) < 4.78 is 33.8. The van der Waals surface area contributed by atoms with Gasteiger partial charge < -0.3 is 0 Å². The zero-order valence-electron chi connectivity index (χ0n) is 8.93. The Morgan fingerprint density at radius 3 is 2.13 bits per heavy atom. The van der Waals surface area contributed by atoms with Gasteiger partial charge >= 0.3 is 10.4 Å². The minimum atomic E-state index is -4.35. The lowest BCUT2D eigenvalue weighted by molar-refractivity contribution is 0.169. The second-order valence-corrected chi connectivity index (χ2v) is 4.53. The zero-order valence-corrected chi connectivity index (χ0v) is 9.74. The van der Waals surface area contributed by atoms with E-state index >= 15 is 0 Å². The average molecular weight is 234 g/mol. The lowest BCUT2D eigenvalue weighted by Crippen LogP contribution is -2.18. The normalized spacial score (nSPS) is 13.8. The highest BCUT2D eigenvalue weighted by atomic mass is 32.3. The largest absolute Gasteiger partial charge is 0.397 e. The van der Waals surface area contributed by atoms with E-state index in [0.717, 1.165) is 12.8 Å². The highest BCUT2D eigenvalue weighted by Gasteiger charge is 2.16. The molecule has 1 atom stereocenters. The van der Waals surface area contributed by atoms with E-state index in [0.29, 0.717) is 6.42 Å². The molecule has 0 aromatic carbocycles. The van der Waals surface area contributed by atoms with E-state index < -0.39 is 16.5 Å². The number of hydrogen-bond donors (Lipinski definition) is 1. The first-order valence-electron chi connectivity index (χ1n) is 4.76. The molecule has 0 saturated carbocycles. The highest BCUT2D eigenvalue weighted by Crippen LogP contribution is 2.19. The summed E-state index contributed by atoms with van der Waals surface area (Å²) >= 11 is 0. The quantitative estimate of drug-likeness (QED) is 0.517. The number of rotatable bonds is 8. The smallest absolute Gasteiger partial charge is 0.264 e. The molecule has 5 heteroatoms. The van der Waals surface area contributed by atoms with Crippen LogP contribution in [0.3, 0.4) is 0 Å². The van der Waals surface area contributed by atoms with Crippen molar-refractivity contribution in [2.24, 2.45) is 5.92 Å². The van der Waals surface area contributed by atoms with Crippen LogP contribution in [-0.4, -0.2) is 19.1 Å². The molecule has 88 valence electrons. The van der Waals surface area contributed by atoms with Crippen molar-refractivity contribution in [3.05, 3.63) is 25.3 Å². The SMILES string of the molecule is C=CCC(CC=C)CC(C)OS(=O)(=O)O. The fraction of sp³-hybridized carbons (Fsp3) is 0.600. The van der Waals surface area contributed by atoms with Gasteiger partial charge in [-0.15, -0.1) is 13.2 Å². The molecule has 0 aliphatic carbocycles. The Morgan fingerprint density at radius 2 is 1.80 bits per heavy atom. The van der Waals surface area contributed by atoms with E-state index in [4.69, 9.17) is 4.55 Å². The van der Waals surface area contributed by atoms with Crippen molar-refractivity contribution >= 4 is 10.4 Å². The van der Waals surface area contributed by atoms with E-state index in [1.807, 2.05) is 0 Å². The van der Waals surface area contributed by atoms with Crippen LogP contribution < -0.4 is 0 Å². The summed E-state index contributed by atoms with van der Waals surface area (Å²) in [5.74, 6) is 0.247. The molecule has 0 aromatic rings. The van der Waals surface area contributed by atoms with Gasteiger partial charge in [-0.25, -0.2) is 4.18 Å². The first-order chi connectivity index (χ1) is 6.89. The highest BCUT2D eigenvalue weighted by molar-refractivity contribution is 7.80. The van der Waals surface area contributed by atoms with Crippen LogP contribution in [0.4, 0.5) is 0 Å². The summed E-state index contributed by atoms with van der Waals surface area (Å²) in [6, 6.07) is 0. The average Bonchev–Trinajstić information content (AvgIpc) is 2.00. The molecule has 0 amide bonds. The third kappa shape index (κ3) is 8.35. The molecule has 0 fully saturated rings. The third-order valence-electron chi connectivity index (χ3n) is 1.95. The van der Waals surface area contributed by atoms with Crippen LogP contribution in [0.15, 0.2) is 25.3 Å².